The summed E-state index contributed by atoms with van der Waals surface area (Å²) in [7, 11) is 1.58. The van der Waals surface area contributed by atoms with E-state index in [0.29, 0.717) is 4.73 Å². The molecule has 0 atom stereocenters. The molecule has 0 aliphatic heterocycles. The van der Waals surface area contributed by atoms with E-state index in [1.54, 1.807) is 7.05 Å². The SMILES string of the molecule is CNc1c(N)c(N)c(N)c[n+]1[O-]. The maximum atomic E-state index is 11.1. The van der Waals surface area contributed by atoms with Crippen molar-refractivity contribution in [1.82, 2.24) is 0 Å². The molecule has 7 N–H and O–H groups in total. The fraction of sp³-hybridized carbons (Fsp3) is 0.167. The van der Waals surface area contributed by atoms with Crippen molar-refractivity contribution in [2.45, 2.75) is 0 Å². The molecule has 0 saturated carbocycles. The predicted octanol–water partition coefficient (Wildman–Crippen LogP) is -0.892. The van der Waals surface area contributed by atoms with Gasteiger partial charge in [-0.15, -0.1) is 0 Å². The van der Waals surface area contributed by atoms with Crippen LogP contribution in [-0.4, -0.2) is 7.05 Å². The molecule has 1 heterocycles. The Morgan fingerprint density at radius 3 is 2.42 bits per heavy atom. The molecular weight excluding hydrogens is 158 g/mol. The van der Waals surface area contributed by atoms with Crippen molar-refractivity contribution >= 4 is 22.9 Å². The molecule has 6 heteroatoms. The van der Waals surface area contributed by atoms with Crippen LogP contribution in [0.25, 0.3) is 0 Å². The number of hydrogen-bond acceptors (Lipinski definition) is 5. The second-order valence-electron chi connectivity index (χ2n) is 2.34. The van der Waals surface area contributed by atoms with Gasteiger partial charge in [-0.1, -0.05) is 0 Å². The molecule has 0 saturated heterocycles. The van der Waals surface area contributed by atoms with Gasteiger partial charge in [-0.3, -0.25) is 5.32 Å². The molecule has 1 aromatic heterocycles. The van der Waals surface area contributed by atoms with Crippen LogP contribution in [0, 0.1) is 5.21 Å². The minimum absolute atomic E-state index is 0.174. The van der Waals surface area contributed by atoms with Crippen LogP contribution in [0.5, 0.6) is 0 Å². The standard InChI is InChI=1S/C6H11N5O/c1-10-6-5(9)4(8)3(7)2-11(6)12/h2,10H,7-9H2,1H3. The van der Waals surface area contributed by atoms with Crippen LogP contribution >= 0.6 is 0 Å². The van der Waals surface area contributed by atoms with Crippen molar-refractivity contribution < 1.29 is 4.73 Å². The third-order valence-corrected chi connectivity index (χ3v) is 1.57. The van der Waals surface area contributed by atoms with Gasteiger partial charge in [-0.25, -0.2) is 4.73 Å². The van der Waals surface area contributed by atoms with E-state index in [-0.39, 0.29) is 22.9 Å². The fourth-order valence-corrected chi connectivity index (χ4v) is 0.907. The number of nitrogens with one attached hydrogen (secondary N) is 1. The topological polar surface area (TPSA) is 117 Å². The first kappa shape index (κ1) is 8.25. The molecule has 0 amide bonds. The molecule has 0 fully saturated rings. The summed E-state index contributed by atoms with van der Waals surface area (Å²) in [6.45, 7) is 0. The zero-order valence-electron chi connectivity index (χ0n) is 6.66. The highest BCUT2D eigenvalue weighted by Crippen LogP contribution is 2.25. The number of nitrogens with zero attached hydrogens (tertiary/aromatic N) is 1. The zero-order chi connectivity index (χ0) is 9.30. The quantitative estimate of drug-likeness (QED) is 0.321. The van der Waals surface area contributed by atoms with E-state index in [1.807, 2.05) is 0 Å². The second-order valence-corrected chi connectivity index (χ2v) is 2.34. The lowest BCUT2D eigenvalue weighted by Gasteiger charge is -2.12. The average molecular weight is 169 g/mol. The molecule has 0 aromatic carbocycles. The number of nitrogen functional groups attached to an aromatic ring is 3. The maximum Gasteiger partial charge on any atom is 0.303 e. The molecule has 1 rings (SSSR count). The monoisotopic (exact) mass is 169 g/mol. The largest absolute Gasteiger partial charge is 0.710 e. The van der Waals surface area contributed by atoms with Crippen LogP contribution in [0.3, 0.4) is 0 Å². The molecule has 66 valence electrons. The average Bonchev–Trinajstić information content (AvgIpc) is 2.01. The van der Waals surface area contributed by atoms with Gasteiger partial charge in [-0.2, -0.15) is 0 Å². The lowest BCUT2D eigenvalue weighted by Crippen LogP contribution is -2.32. The Morgan fingerprint density at radius 2 is 1.92 bits per heavy atom. The minimum atomic E-state index is 0.174. The van der Waals surface area contributed by atoms with Gasteiger partial charge in [0.1, 0.15) is 11.9 Å². The molecule has 0 aliphatic rings. The van der Waals surface area contributed by atoms with Crippen LogP contribution < -0.4 is 27.2 Å². The second kappa shape index (κ2) is 2.65. The molecule has 12 heavy (non-hydrogen) atoms. The molecule has 0 unspecified atom stereocenters. The Morgan fingerprint density at radius 1 is 1.33 bits per heavy atom. The Labute approximate surface area is 69.5 Å². The molecule has 1 aromatic rings. The number of anilines is 4. The van der Waals surface area contributed by atoms with Crippen molar-refractivity contribution in [3.8, 4) is 0 Å². The molecule has 6 nitrogen and oxygen atoms in total. The van der Waals surface area contributed by atoms with Gasteiger partial charge in [0.25, 0.3) is 0 Å². The van der Waals surface area contributed by atoms with Crippen molar-refractivity contribution in [2.24, 2.45) is 0 Å². The van der Waals surface area contributed by atoms with Crippen molar-refractivity contribution in [2.75, 3.05) is 29.6 Å². The molecule has 0 spiro atoms. The van der Waals surface area contributed by atoms with E-state index in [2.05, 4.69) is 5.32 Å². The first-order chi connectivity index (χ1) is 5.57. The number of rotatable bonds is 1. The Kier molecular flexibility index (Phi) is 1.82. The van der Waals surface area contributed by atoms with Crippen LogP contribution in [0.1, 0.15) is 0 Å². The molecule has 0 radical (unpaired) electrons. The number of hydrogen-bond donors (Lipinski definition) is 4. The number of nitrogens with two attached hydrogens (primary N) is 3. The van der Waals surface area contributed by atoms with Gasteiger partial charge in [-0.05, 0) is 0 Å². The Bertz CT molecular complexity index is 311. The summed E-state index contributed by atoms with van der Waals surface area (Å²) in [4.78, 5) is 0. The lowest BCUT2D eigenvalue weighted by molar-refractivity contribution is -0.588. The summed E-state index contributed by atoms with van der Waals surface area (Å²) >= 11 is 0. The van der Waals surface area contributed by atoms with Crippen molar-refractivity contribution in [3.05, 3.63) is 11.4 Å². The van der Waals surface area contributed by atoms with Crippen LogP contribution in [0.2, 0.25) is 0 Å². The Hall–Kier alpha value is -1.85. The summed E-state index contributed by atoms with van der Waals surface area (Å²) in [5.74, 6) is 0.210. The van der Waals surface area contributed by atoms with Crippen LogP contribution in [-0.2, 0) is 0 Å². The lowest BCUT2D eigenvalue weighted by atomic mass is 10.3. The Balaban J connectivity index is 3.40. The third kappa shape index (κ3) is 1.03. The highest BCUT2D eigenvalue weighted by Gasteiger charge is 2.12. The summed E-state index contributed by atoms with van der Waals surface area (Å²) < 4.78 is 0.543. The van der Waals surface area contributed by atoms with Gasteiger partial charge in [0.05, 0.1) is 18.4 Å². The van der Waals surface area contributed by atoms with Crippen molar-refractivity contribution in [1.29, 1.82) is 0 Å². The van der Waals surface area contributed by atoms with E-state index < -0.39 is 0 Å². The van der Waals surface area contributed by atoms with Crippen molar-refractivity contribution in [3.63, 3.8) is 0 Å². The van der Waals surface area contributed by atoms with E-state index in [1.165, 1.54) is 0 Å². The van der Waals surface area contributed by atoms with Gasteiger partial charge in [0, 0.05) is 0 Å². The predicted molar refractivity (Wildman–Crippen MR) is 48.2 cm³/mol. The highest BCUT2D eigenvalue weighted by molar-refractivity contribution is 5.82. The van der Waals surface area contributed by atoms with Gasteiger partial charge in [0.2, 0.25) is 0 Å². The molecule has 0 aliphatic carbocycles. The minimum Gasteiger partial charge on any atom is -0.710 e. The smallest absolute Gasteiger partial charge is 0.303 e. The van der Waals surface area contributed by atoms with E-state index >= 15 is 0 Å². The van der Waals surface area contributed by atoms with E-state index in [0.717, 1.165) is 6.20 Å². The van der Waals surface area contributed by atoms with E-state index in [9.17, 15) is 5.21 Å². The normalized spacial score (nSPS) is 9.75. The van der Waals surface area contributed by atoms with Crippen LogP contribution in [0.4, 0.5) is 22.9 Å². The molecule has 0 bridgehead atoms. The van der Waals surface area contributed by atoms with Crippen LogP contribution in [0.15, 0.2) is 6.20 Å². The maximum absolute atomic E-state index is 11.1. The number of aromatic nitrogens is 1. The summed E-state index contributed by atoms with van der Waals surface area (Å²) in [6, 6.07) is 0. The van der Waals surface area contributed by atoms with Gasteiger partial charge >= 0.3 is 5.82 Å². The summed E-state index contributed by atoms with van der Waals surface area (Å²) in [5, 5.41) is 13.7. The summed E-state index contributed by atoms with van der Waals surface area (Å²) in [6.07, 6.45) is 1.16. The fourth-order valence-electron chi connectivity index (χ4n) is 0.907. The van der Waals surface area contributed by atoms with E-state index in [4.69, 9.17) is 17.2 Å². The zero-order valence-corrected chi connectivity index (χ0v) is 6.66. The number of pyridine rings is 1. The van der Waals surface area contributed by atoms with Gasteiger partial charge < -0.3 is 22.4 Å². The summed E-state index contributed by atoms with van der Waals surface area (Å²) in [5.41, 5.74) is 17.0. The molecular formula is C6H11N5O. The first-order valence-electron chi connectivity index (χ1n) is 3.32. The van der Waals surface area contributed by atoms with Gasteiger partial charge in [0.15, 0.2) is 0 Å². The third-order valence-electron chi connectivity index (χ3n) is 1.57. The highest BCUT2D eigenvalue weighted by atomic mass is 16.5. The first-order valence-corrected chi connectivity index (χ1v) is 3.32.